The molecule has 3 rings (SSSR count). The van der Waals surface area contributed by atoms with Crippen molar-refractivity contribution < 1.29 is 14.3 Å². The molecule has 1 aromatic carbocycles. The zero-order chi connectivity index (χ0) is 18.4. The van der Waals surface area contributed by atoms with E-state index in [1.807, 2.05) is 0 Å². The van der Waals surface area contributed by atoms with Crippen molar-refractivity contribution in [2.24, 2.45) is 0 Å². The number of benzene rings is 1. The second-order valence-electron chi connectivity index (χ2n) is 7.29. The Labute approximate surface area is 155 Å². The fourth-order valence-corrected chi connectivity index (χ4v) is 3.82. The van der Waals surface area contributed by atoms with E-state index in [0.29, 0.717) is 24.1 Å². The molecule has 6 heteroatoms. The Balaban J connectivity index is 1.58. The molecule has 3 N–H and O–H groups in total. The van der Waals surface area contributed by atoms with Crippen molar-refractivity contribution in [3.8, 4) is 0 Å². The van der Waals surface area contributed by atoms with Gasteiger partial charge in [0.05, 0.1) is 0 Å². The summed E-state index contributed by atoms with van der Waals surface area (Å²) >= 11 is 0. The minimum atomic E-state index is -0.776. The van der Waals surface area contributed by atoms with Crippen LogP contribution < -0.4 is 16.0 Å². The first-order valence-electron chi connectivity index (χ1n) is 9.61. The van der Waals surface area contributed by atoms with E-state index in [1.54, 1.807) is 31.4 Å². The summed E-state index contributed by atoms with van der Waals surface area (Å²) in [5, 5.41) is 9.28. The molecule has 26 heavy (non-hydrogen) atoms. The first kappa shape index (κ1) is 18.9. The van der Waals surface area contributed by atoms with Crippen LogP contribution in [0.25, 0.3) is 0 Å². The molecular formula is C20H29N3O3. The molecule has 2 aliphatic rings. The highest BCUT2D eigenvalue weighted by Gasteiger charge is 2.39. The van der Waals surface area contributed by atoms with Gasteiger partial charge in [-0.15, -0.1) is 0 Å². The van der Waals surface area contributed by atoms with Gasteiger partial charge in [0.15, 0.2) is 0 Å². The Kier molecular flexibility index (Phi) is 6.27. The number of carbonyl (C=O) groups excluding carboxylic acids is 2. The summed E-state index contributed by atoms with van der Waals surface area (Å²) in [6.45, 7) is 1.53. The Morgan fingerprint density at radius 2 is 1.73 bits per heavy atom. The smallest absolute Gasteiger partial charge is 0.256 e. The van der Waals surface area contributed by atoms with Gasteiger partial charge in [0.2, 0.25) is 0 Å². The van der Waals surface area contributed by atoms with Crippen LogP contribution in [0.15, 0.2) is 24.3 Å². The van der Waals surface area contributed by atoms with Crippen molar-refractivity contribution >= 4 is 17.5 Å². The molecule has 1 aromatic rings. The summed E-state index contributed by atoms with van der Waals surface area (Å²) in [5.41, 5.74) is 0.526. The highest BCUT2D eigenvalue weighted by atomic mass is 16.5. The van der Waals surface area contributed by atoms with Gasteiger partial charge in [-0.05, 0) is 63.0 Å². The molecule has 0 aromatic heterocycles. The first-order chi connectivity index (χ1) is 12.6. The predicted molar refractivity (Wildman–Crippen MR) is 101 cm³/mol. The Bertz CT molecular complexity index is 618. The van der Waals surface area contributed by atoms with Gasteiger partial charge in [0, 0.05) is 24.4 Å². The standard InChI is InChI=1S/C20H29N3O3/c1-26-20(11-13-21-14-12-20)19(25)23-17-9-7-15(8-10-17)18(24)22-16-5-3-2-4-6-16/h7-10,16,21H,2-6,11-14H2,1H3,(H,22,24)(H,23,25). The van der Waals surface area contributed by atoms with Crippen molar-refractivity contribution in [2.45, 2.75) is 56.6 Å². The minimum Gasteiger partial charge on any atom is -0.368 e. The number of anilines is 1. The third kappa shape index (κ3) is 4.43. The maximum atomic E-state index is 12.7. The first-order valence-corrected chi connectivity index (χ1v) is 9.61. The number of amides is 2. The van der Waals surface area contributed by atoms with Gasteiger partial charge in [-0.1, -0.05) is 19.3 Å². The topological polar surface area (TPSA) is 79.5 Å². The van der Waals surface area contributed by atoms with Crippen molar-refractivity contribution in [2.75, 3.05) is 25.5 Å². The normalized spacial score (nSPS) is 20.3. The maximum Gasteiger partial charge on any atom is 0.256 e. The predicted octanol–water partition coefficient (Wildman–Crippen LogP) is 2.46. The van der Waals surface area contributed by atoms with Gasteiger partial charge in [0.1, 0.15) is 5.60 Å². The largest absolute Gasteiger partial charge is 0.368 e. The lowest BCUT2D eigenvalue weighted by atomic mass is 9.91. The summed E-state index contributed by atoms with van der Waals surface area (Å²) in [7, 11) is 1.59. The highest BCUT2D eigenvalue weighted by Crippen LogP contribution is 2.25. The maximum absolute atomic E-state index is 12.7. The summed E-state index contributed by atoms with van der Waals surface area (Å²) in [4.78, 5) is 25.0. The van der Waals surface area contributed by atoms with Crippen molar-refractivity contribution in [1.29, 1.82) is 0 Å². The van der Waals surface area contributed by atoms with Gasteiger partial charge >= 0.3 is 0 Å². The van der Waals surface area contributed by atoms with E-state index < -0.39 is 5.60 Å². The Hall–Kier alpha value is -1.92. The van der Waals surface area contributed by atoms with Crippen molar-refractivity contribution in [3.63, 3.8) is 0 Å². The quantitative estimate of drug-likeness (QED) is 0.754. The van der Waals surface area contributed by atoms with Crippen LogP contribution in [0.2, 0.25) is 0 Å². The molecule has 1 saturated carbocycles. The molecule has 1 saturated heterocycles. The minimum absolute atomic E-state index is 0.0403. The van der Waals surface area contributed by atoms with E-state index in [-0.39, 0.29) is 17.9 Å². The monoisotopic (exact) mass is 359 g/mol. The summed E-state index contributed by atoms with van der Waals surface area (Å²) in [6, 6.07) is 7.36. The number of carbonyl (C=O) groups is 2. The lowest BCUT2D eigenvalue weighted by molar-refractivity contribution is -0.140. The van der Waals surface area contributed by atoms with Gasteiger partial charge in [-0.3, -0.25) is 9.59 Å². The molecule has 1 aliphatic heterocycles. The zero-order valence-corrected chi connectivity index (χ0v) is 15.5. The second kappa shape index (κ2) is 8.64. The number of ether oxygens (including phenoxy) is 1. The Morgan fingerprint density at radius 3 is 2.35 bits per heavy atom. The number of hydrogen-bond donors (Lipinski definition) is 3. The molecule has 0 spiro atoms. The lowest BCUT2D eigenvalue weighted by Crippen LogP contribution is -2.51. The summed E-state index contributed by atoms with van der Waals surface area (Å²) in [6.07, 6.45) is 7.06. The van der Waals surface area contributed by atoms with E-state index in [2.05, 4.69) is 16.0 Å². The third-order valence-electron chi connectivity index (χ3n) is 5.56. The van der Waals surface area contributed by atoms with Crippen LogP contribution in [0.5, 0.6) is 0 Å². The second-order valence-corrected chi connectivity index (χ2v) is 7.29. The van der Waals surface area contributed by atoms with Gasteiger partial charge in [-0.25, -0.2) is 0 Å². The van der Waals surface area contributed by atoms with Crippen molar-refractivity contribution in [1.82, 2.24) is 10.6 Å². The molecule has 2 amide bonds. The molecule has 6 nitrogen and oxygen atoms in total. The fourth-order valence-electron chi connectivity index (χ4n) is 3.82. The summed E-state index contributed by atoms with van der Waals surface area (Å²) < 4.78 is 5.54. The SMILES string of the molecule is COC1(C(=O)Nc2ccc(C(=O)NC3CCCCC3)cc2)CCNCC1. The van der Waals surface area contributed by atoms with Crippen LogP contribution in [-0.2, 0) is 9.53 Å². The Morgan fingerprint density at radius 1 is 1.08 bits per heavy atom. The molecule has 0 unspecified atom stereocenters. The van der Waals surface area contributed by atoms with Gasteiger partial charge in [0.25, 0.3) is 11.8 Å². The highest BCUT2D eigenvalue weighted by molar-refractivity contribution is 5.98. The molecule has 0 radical (unpaired) electrons. The molecule has 142 valence electrons. The third-order valence-corrected chi connectivity index (χ3v) is 5.56. The molecule has 0 bridgehead atoms. The zero-order valence-electron chi connectivity index (χ0n) is 15.5. The molecule has 1 heterocycles. The van der Waals surface area contributed by atoms with Gasteiger partial charge < -0.3 is 20.7 Å². The van der Waals surface area contributed by atoms with Crippen LogP contribution >= 0.6 is 0 Å². The number of piperidine rings is 1. The van der Waals surface area contributed by atoms with E-state index in [9.17, 15) is 9.59 Å². The van der Waals surface area contributed by atoms with E-state index in [0.717, 1.165) is 25.9 Å². The molecule has 0 atom stereocenters. The molecule has 1 aliphatic carbocycles. The number of hydrogen-bond acceptors (Lipinski definition) is 4. The average Bonchev–Trinajstić information content (AvgIpc) is 2.69. The van der Waals surface area contributed by atoms with Crippen LogP contribution in [0, 0.1) is 0 Å². The number of nitrogens with one attached hydrogen (secondary N) is 3. The number of rotatable bonds is 5. The van der Waals surface area contributed by atoms with E-state index >= 15 is 0 Å². The van der Waals surface area contributed by atoms with E-state index in [4.69, 9.17) is 4.74 Å². The molecule has 2 fully saturated rings. The number of methoxy groups -OCH3 is 1. The van der Waals surface area contributed by atoms with Crippen molar-refractivity contribution in [3.05, 3.63) is 29.8 Å². The van der Waals surface area contributed by atoms with E-state index in [1.165, 1.54) is 19.3 Å². The van der Waals surface area contributed by atoms with Crippen LogP contribution in [0.4, 0.5) is 5.69 Å². The van der Waals surface area contributed by atoms with Crippen LogP contribution in [0.3, 0.4) is 0 Å². The average molecular weight is 359 g/mol. The molecular weight excluding hydrogens is 330 g/mol. The lowest BCUT2D eigenvalue weighted by Gasteiger charge is -2.34. The van der Waals surface area contributed by atoms with Gasteiger partial charge in [-0.2, -0.15) is 0 Å². The van der Waals surface area contributed by atoms with Crippen LogP contribution in [0.1, 0.15) is 55.3 Å². The summed E-state index contributed by atoms with van der Waals surface area (Å²) in [5.74, 6) is -0.164. The fraction of sp³-hybridized carbons (Fsp3) is 0.600. The van der Waals surface area contributed by atoms with Crippen LogP contribution in [-0.4, -0.2) is 43.7 Å².